The van der Waals surface area contributed by atoms with E-state index in [4.69, 9.17) is 7.85 Å². The van der Waals surface area contributed by atoms with E-state index in [9.17, 15) is 0 Å². The average molecular weight is 223 g/mol. The van der Waals surface area contributed by atoms with Gasteiger partial charge in [-0.3, -0.25) is 0 Å². The fourth-order valence-corrected chi connectivity index (χ4v) is 2.24. The first-order chi connectivity index (χ1) is 8.33. The lowest BCUT2D eigenvalue weighted by molar-refractivity contribution is 0.613. The molecule has 0 bridgehead atoms. The molecule has 1 aromatic heterocycles. The zero-order valence-electron chi connectivity index (χ0n) is 9.61. The van der Waals surface area contributed by atoms with Crippen molar-refractivity contribution in [3.63, 3.8) is 0 Å². The highest BCUT2D eigenvalue weighted by atomic mass is 15.0. The molecule has 3 nitrogen and oxygen atoms in total. The van der Waals surface area contributed by atoms with Gasteiger partial charge in [-0.15, -0.1) is 0 Å². The molecule has 4 heteroatoms. The monoisotopic (exact) mass is 223 g/mol. The molecule has 1 aliphatic rings. The molecule has 2 aromatic rings. The maximum Gasteiger partial charge on any atom is 0.123 e. The molecular weight excluding hydrogens is 209 g/mol. The Morgan fingerprint density at radius 2 is 2.06 bits per heavy atom. The van der Waals surface area contributed by atoms with Crippen LogP contribution in [-0.2, 0) is 0 Å². The third-order valence-corrected chi connectivity index (χ3v) is 3.21. The molecule has 0 aliphatic carbocycles. The van der Waals surface area contributed by atoms with E-state index >= 15 is 0 Å². The number of H-pyrrole nitrogens is 1. The number of hydrogen-bond donors (Lipinski definition) is 2. The van der Waals surface area contributed by atoms with Crippen molar-refractivity contribution in [1.82, 2.24) is 15.3 Å². The SMILES string of the molecule is [B]c1ccc(-c2cnc([C@@H]3CCCN3)[nH]2)cc1. The minimum Gasteiger partial charge on any atom is -0.341 e. The normalized spacial score (nSPS) is 19.6. The average Bonchev–Trinajstić information content (AvgIpc) is 3.00. The van der Waals surface area contributed by atoms with Gasteiger partial charge in [0.05, 0.1) is 17.9 Å². The van der Waals surface area contributed by atoms with Crippen LogP contribution in [0.3, 0.4) is 0 Å². The maximum absolute atomic E-state index is 5.67. The lowest BCUT2D eigenvalue weighted by Gasteiger charge is -2.05. The van der Waals surface area contributed by atoms with E-state index in [2.05, 4.69) is 15.3 Å². The van der Waals surface area contributed by atoms with Crippen LogP contribution < -0.4 is 10.8 Å². The number of imidazole rings is 1. The van der Waals surface area contributed by atoms with Gasteiger partial charge in [-0.05, 0) is 24.9 Å². The third kappa shape index (κ3) is 2.13. The predicted molar refractivity (Wildman–Crippen MR) is 69.4 cm³/mol. The van der Waals surface area contributed by atoms with E-state index in [1.807, 2.05) is 30.5 Å². The van der Waals surface area contributed by atoms with Gasteiger partial charge < -0.3 is 10.3 Å². The van der Waals surface area contributed by atoms with Crippen molar-refractivity contribution in [2.75, 3.05) is 6.54 Å². The van der Waals surface area contributed by atoms with E-state index in [1.54, 1.807) is 0 Å². The number of nitrogens with one attached hydrogen (secondary N) is 2. The molecule has 0 spiro atoms. The summed E-state index contributed by atoms with van der Waals surface area (Å²) in [5.74, 6) is 1.04. The van der Waals surface area contributed by atoms with Crippen LogP contribution in [0.25, 0.3) is 11.3 Å². The molecule has 0 saturated carbocycles. The van der Waals surface area contributed by atoms with E-state index in [1.165, 1.54) is 6.42 Å². The van der Waals surface area contributed by atoms with Gasteiger partial charge >= 0.3 is 0 Å². The summed E-state index contributed by atoms with van der Waals surface area (Å²) in [4.78, 5) is 7.82. The van der Waals surface area contributed by atoms with E-state index in [0.29, 0.717) is 6.04 Å². The third-order valence-electron chi connectivity index (χ3n) is 3.21. The second-order valence-corrected chi connectivity index (χ2v) is 4.45. The van der Waals surface area contributed by atoms with Crippen molar-refractivity contribution in [3.05, 3.63) is 36.3 Å². The molecule has 2 radical (unpaired) electrons. The molecule has 1 aliphatic heterocycles. The minimum absolute atomic E-state index is 0.387. The largest absolute Gasteiger partial charge is 0.341 e. The van der Waals surface area contributed by atoms with Gasteiger partial charge in [0, 0.05) is 0 Å². The molecule has 1 atom stereocenters. The number of rotatable bonds is 2. The van der Waals surface area contributed by atoms with Crippen molar-refractivity contribution in [2.45, 2.75) is 18.9 Å². The van der Waals surface area contributed by atoms with Crippen molar-refractivity contribution in [3.8, 4) is 11.3 Å². The quantitative estimate of drug-likeness (QED) is 0.753. The van der Waals surface area contributed by atoms with E-state index in [0.717, 1.165) is 35.5 Å². The fourth-order valence-electron chi connectivity index (χ4n) is 2.24. The molecular formula is C13H14BN3. The number of hydrogen-bond acceptors (Lipinski definition) is 2. The van der Waals surface area contributed by atoms with Crippen molar-refractivity contribution in [2.24, 2.45) is 0 Å². The molecule has 2 N–H and O–H groups in total. The summed E-state index contributed by atoms with van der Waals surface area (Å²) in [5, 5.41) is 3.43. The maximum atomic E-state index is 5.67. The van der Waals surface area contributed by atoms with Gasteiger partial charge in [-0.2, -0.15) is 0 Å². The van der Waals surface area contributed by atoms with Gasteiger partial charge in [-0.25, -0.2) is 4.98 Å². The van der Waals surface area contributed by atoms with Crippen LogP contribution in [-0.4, -0.2) is 24.4 Å². The molecule has 1 fully saturated rings. The Morgan fingerprint density at radius 3 is 2.76 bits per heavy atom. The Kier molecular flexibility index (Phi) is 2.73. The van der Waals surface area contributed by atoms with Gasteiger partial charge in [0.1, 0.15) is 13.7 Å². The molecule has 2 heterocycles. The smallest absolute Gasteiger partial charge is 0.123 e. The highest BCUT2D eigenvalue weighted by Gasteiger charge is 2.18. The van der Waals surface area contributed by atoms with Crippen molar-refractivity contribution < 1.29 is 0 Å². The van der Waals surface area contributed by atoms with Crippen LogP contribution >= 0.6 is 0 Å². The Morgan fingerprint density at radius 1 is 1.24 bits per heavy atom. The summed E-state index contributed by atoms with van der Waals surface area (Å²) < 4.78 is 0. The zero-order chi connectivity index (χ0) is 11.7. The number of nitrogens with zero attached hydrogens (tertiary/aromatic N) is 1. The van der Waals surface area contributed by atoms with Crippen LogP contribution in [0, 0.1) is 0 Å². The summed E-state index contributed by atoms with van der Waals surface area (Å²) in [6.45, 7) is 1.09. The molecule has 1 aromatic carbocycles. The predicted octanol–water partition coefficient (Wildman–Crippen LogP) is 1.29. The van der Waals surface area contributed by atoms with E-state index < -0.39 is 0 Å². The molecule has 17 heavy (non-hydrogen) atoms. The second kappa shape index (κ2) is 4.38. The van der Waals surface area contributed by atoms with Crippen LogP contribution in [0.1, 0.15) is 24.7 Å². The van der Waals surface area contributed by atoms with Gasteiger partial charge in [0.15, 0.2) is 0 Å². The zero-order valence-corrected chi connectivity index (χ0v) is 9.61. The van der Waals surface area contributed by atoms with Gasteiger partial charge in [0.25, 0.3) is 0 Å². The summed E-state index contributed by atoms with van der Waals surface area (Å²) in [7, 11) is 5.67. The summed E-state index contributed by atoms with van der Waals surface area (Å²) in [6, 6.07) is 8.22. The first kappa shape index (κ1) is 10.6. The van der Waals surface area contributed by atoms with Crippen LogP contribution in [0.15, 0.2) is 30.5 Å². The Balaban J connectivity index is 1.86. The summed E-state index contributed by atoms with van der Waals surface area (Å²) >= 11 is 0. The van der Waals surface area contributed by atoms with Crippen molar-refractivity contribution in [1.29, 1.82) is 0 Å². The molecule has 84 valence electrons. The fraction of sp³-hybridized carbons (Fsp3) is 0.308. The first-order valence-electron chi connectivity index (χ1n) is 5.97. The highest BCUT2D eigenvalue weighted by Crippen LogP contribution is 2.23. The molecule has 3 rings (SSSR count). The minimum atomic E-state index is 0.387. The van der Waals surface area contributed by atoms with Gasteiger partial charge in [-0.1, -0.05) is 29.7 Å². The lowest BCUT2D eigenvalue weighted by Crippen LogP contribution is -2.14. The van der Waals surface area contributed by atoms with Crippen molar-refractivity contribution >= 4 is 13.3 Å². The van der Waals surface area contributed by atoms with Crippen LogP contribution in [0.5, 0.6) is 0 Å². The second-order valence-electron chi connectivity index (χ2n) is 4.45. The lowest BCUT2D eigenvalue weighted by atomic mass is 9.95. The number of aromatic nitrogens is 2. The summed E-state index contributed by atoms with van der Waals surface area (Å²) in [6.07, 6.45) is 4.28. The highest BCUT2D eigenvalue weighted by molar-refractivity contribution is 6.32. The van der Waals surface area contributed by atoms with Crippen LogP contribution in [0.4, 0.5) is 0 Å². The Bertz CT molecular complexity index is 498. The number of benzene rings is 1. The van der Waals surface area contributed by atoms with Crippen LogP contribution in [0.2, 0.25) is 0 Å². The standard InChI is InChI=1S/C13H14BN3/c14-10-5-3-9(4-6-10)12-8-16-13(17-12)11-2-1-7-15-11/h3-6,8,11,15H,1-2,7H2,(H,16,17)/t11-/m0/s1. The Hall–Kier alpha value is -1.55. The molecule has 0 unspecified atom stereocenters. The van der Waals surface area contributed by atoms with Gasteiger partial charge in [0.2, 0.25) is 0 Å². The molecule has 1 saturated heterocycles. The summed E-state index contributed by atoms with van der Waals surface area (Å²) in [5.41, 5.74) is 2.95. The topological polar surface area (TPSA) is 40.7 Å². The first-order valence-corrected chi connectivity index (χ1v) is 5.97. The van der Waals surface area contributed by atoms with E-state index in [-0.39, 0.29) is 0 Å². The molecule has 0 amide bonds. The number of aromatic amines is 1. The Labute approximate surface area is 102 Å².